The second kappa shape index (κ2) is 9.49. The van der Waals surface area contributed by atoms with E-state index in [9.17, 15) is 9.50 Å². The number of benzene rings is 1. The number of imidazole rings is 1. The lowest BCUT2D eigenvalue weighted by molar-refractivity contribution is -0.0277. The maximum absolute atomic E-state index is 13.1. The third kappa shape index (κ3) is 5.42. The van der Waals surface area contributed by atoms with Crippen molar-refractivity contribution in [2.75, 3.05) is 0 Å². The van der Waals surface area contributed by atoms with Gasteiger partial charge in [-0.2, -0.15) is 0 Å². The van der Waals surface area contributed by atoms with Gasteiger partial charge in [0.05, 0.1) is 19.0 Å². The van der Waals surface area contributed by atoms with Crippen molar-refractivity contribution in [2.24, 2.45) is 0 Å². The minimum absolute atomic E-state index is 0.0160. The highest BCUT2D eigenvalue weighted by atomic mass is 32.1. The first-order valence-electron chi connectivity index (χ1n) is 10.1. The first-order valence-corrected chi connectivity index (χ1v) is 10.6. The topological polar surface area (TPSA) is 96.3 Å². The smallest absolute Gasteiger partial charge is 0.226 e. The van der Waals surface area contributed by atoms with E-state index in [1.807, 2.05) is 6.92 Å². The number of aromatic nitrogens is 3. The number of hydrogen-bond donors (Lipinski definition) is 3. The number of rotatable bonds is 7. The highest BCUT2D eigenvalue weighted by Crippen LogP contribution is 2.27. The van der Waals surface area contributed by atoms with Gasteiger partial charge in [0.15, 0.2) is 4.77 Å². The van der Waals surface area contributed by atoms with Crippen molar-refractivity contribution in [1.82, 2.24) is 15.0 Å². The number of hydrogen-bond acceptors (Lipinski definition) is 6. The molecule has 0 amide bonds. The summed E-state index contributed by atoms with van der Waals surface area (Å²) in [6, 6.07) is 6.05. The Kier molecular flexibility index (Phi) is 6.53. The number of nitrogens with zero attached hydrogens (tertiary/aromatic N) is 1. The standard InChI is InChI=1S/C22H24FN3O4S/c1-13-19(24-21(30-13)14-5-7-15(23)8-6-14)12-29-17-4-2-3-16(11-17)28-10-9-18-20(27)26-22(31)25-18/h5-10,16-17,27H,2-4,11-12H2,1H3,(H2,25,26,31). The second-order valence-corrected chi connectivity index (χ2v) is 7.94. The van der Waals surface area contributed by atoms with Crippen molar-refractivity contribution in [3.63, 3.8) is 0 Å². The van der Waals surface area contributed by atoms with E-state index in [2.05, 4.69) is 15.0 Å². The van der Waals surface area contributed by atoms with Gasteiger partial charge in [-0.3, -0.25) is 0 Å². The molecule has 3 aromatic rings. The van der Waals surface area contributed by atoms with Gasteiger partial charge in [0, 0.05) is 18.1 Å². The zero-order valence-electron chi connectivity index (χ0n) is 17.1. The molecule has 7 nitrogen and oxygen atoms in total. The van der Waals surface area contributed by atoms with Gasteiger partial charge >= 0.3 is 0 Å². The molecule has 4 rings (SSSR count). The van der Waals surface area contributed by atoms with Gasteiger partial charge in [-0.25, -0.2) is 9.37 Å². The molecule has 2 atom stereocenters. The van der Waals surface area contributed by atoms with Crippen molar-refractivity contribution < 1.29 is 23.4 Å². The Labute approximate surface area is 183 Å². The molecular formula is C22H24FN3O4S. The largest absolute Gasteiger partial charge is 0.498 e. The Hall–Kier alpha value is -2.91. The van der Waals surface area contributed by atoms with E-state index in [0.29, 0.717) is 28.7 Å². The summed E-state index contributed by atoms with van der Waals surface area (Å²) in [5.41, 5.74) is 1.94. The summed E-state index contributed by atoms with van der Waals surface area (Å²) in [6.45, 7) is 2.19. The predicted molar refractivity (Wildman–Crippen MR) is 115 cm³/mol. The predicted octanol–water partition coefficient (Wildman–Crippen LogP) is 5.40. The molecule has 2 aromatic heterocycles. The molecule has 0 aliphatic heterocycles. The van der Waals surface area contributed by atoms with E-state index in [4.69, 9.17) is 26.1 Å². The third-order valence-corrected chi connectivity index (χ3v) is 5.46. The van der Waals surface area contributed by atoms with E-state index >= 15 is 0 Å². The molecule has 1 aromatic carbocycles. The molecule has 1 fully saturated rings. The fourth-order valence-electron chi connectivity index (χ4n) is 3.58. The van der Waals surface area contributed by atoms with Crippen LogP contribution in [0.15, 0.2) is 34.9 Å². The van der Waals surface area contributed by atoms with Gasteiger partial charge in [0.2, 0.25) is 11.8 Å². The normalized spacial score (nSPS) is 19.2. The summed E-state index contributed by atoms with van der Waals surface area (Å²) < 4.78 is 31.1. The molecule has 2 unspecified atom stereocenters. The minimum Gasteiger partial charge on any atom is -0.498 e. The average Bonchev–Trinajstić information content (AvgIpc) is 3.28. The molecule has 1 aliphatic rings. The van der Waals surface area contributed by atoms with Crippen LogP contribution < -0.4 is 0 Å². The Morgan fingerprint density at radius 1 is 1.26 bits per heavy atom. The summed E-state index contributed by atoms with van der Waals surface area (Å²) in [5, 5.41) is 9.69. The van der Waals surface area contributed by atoms with Crippen LogP contribution in [0.2, 0.25) is 0 Å². The second-order valence-electron chi connectivity index (χ2n) is 7.53. The molecule has 9 heteroatoms. The number of aryl methyl sites for hydroxylation is 1. The molecule has 1 saturated carbocycles. The van der Waals surface area contributed by atoms with Gasteiger partial charge < -0.3 is 29.0 Å². The maximum Gasteiger partial charge on any atom is 0.226 e. The Bertz CT molecular complexity index is 1100. The molecule has 1 aliphatic carbocycles. The number of halogens is 1. The van der Waals surface area contributed by atoms with E-state index in [0.717, 1.165) is 36.9 Å². The van der Waals surface area contributed by atoms with Crippen LogP contribution in [0.1, 0.15) is 42.8 Å². The highest BCUT2D eigenvalue weighted by Gasteiger charge is 2.24. The van der Waals surface area contributed by atoms with E-state index in [1.54, 1.807) is 24.5 Å². The van der Waals surface area contributed by atoms with Gasteiger partial charge in [0.1, 0.15) is 29.1 Å². The molecular weight excluding hydrogens is 421 g/mol. The fourth-order valence-corrected chi connectivity index (χ4v) is 3.79. The number of ether oxygens (including phenoxy) is 2. The summed E-state index contributed by atoms with van der Waals surface area (Å²) in [5.74, 6) is 0.832. The van der Waals surface area contributed by atoms with Crippen molar-refractivity contribution in [3.8, 4) is 17.3 Å². The zero-order valence-corrected chi connectivity index (χ0v) is 17.9. The lowest BCUT2D eigenvalue weighted by atomic mass is 9.95. The Morgan fingerprint density at radius 2 is 2.03 bits per heavy atom. The lowest BCUT2D eigenvalue weighted by Gasteiger charge is -2.28. The molecule has 0 spiro atoms. The first-order chi connectivity index (χ1) is 15.0. The van der Waals surface area contributed by atoms with Crippen molar-refractivity contribution in [3.05, 3.63) is 58.3 Å². The molecule has 31 heavy (non-hydrogen) atoms. The maximum atomic E-state index is 13.1. The first kappa shape index (κ1) is 21.3. The van der Waals surface area contributed by atoms with E-state index in [-0.39, 0.29) is 23.9 Å². The van der Waals surface area contributed by atoms with Crippen molar-refractivity contribution >= 4 is 18.3 Å². The summed E-state index contributed by atoms with van der Waals surface area (Å²) in [6.07, 6.45) is 6.96. The molecule has 0 bridgehead atoms. The van der Waals surface area contributed by atoms with Crippen molar-refractivity contribution in [2.45, 2.75) is 51.4 Å². The number of H-pyrrole nitrogens is 2. The van der Waals surface area contributed by atoms with E-state index in [1.165, 1.54) is 12.1 Å². The average molecular weight is 446 g/mol. The van der Waals surface area contributed by atoms with Crippen LogP contribution >= 0.6 is 12.2 Å². The molecule has 0 saturated heterocycles. The van der Waals surface area contributed by atoms with Crippen LogP contribution in [-0.2, 0) is 16.1 Å². The van der Waals surface area contributed by atoms with Crippen LogP contribution in [0, 0.1) is 17.5 Å². The van der Waals surface area contributed by atoms with Crippen LogP contribution in [0.25, 0.3) is 17.5 Å². The van der Waals surface area contributed by atoms with Crippen LogP contribution in [0.3, 0.4) is 0 Å². The van der Waals surface area contributed by atoms with Gasteiger partial charge in [-0.15, -0.1) is 0 Å². The van der Waals surface area contributed by atoms with Gasteiger partial charge in [0.25, 0.3) is 0 Å². The zero-order chi connectivity index (χ0) is 21.8. The van der Waals surface area contributed by atoms with Gasteiger partial charge in [-0.1, -0.05) is 0 Å². The monoisotopic (exact) mass is 445 g/mol. The summed E-state index contributed by atoms with van der Waals surface area (Å²) in [7, 11) is 0. The summed E-state index contributed by atoms with van der Waals surface area (Å²) >= 11 is 4.94. The number of aromatic hydroxyl groups is 1. The van der Waals surface area contributed by atoms with Crippen LogP contribution in [0.5, 0.6) is 5.88 Å². The molecule has 0 radical (unpaired) electrons. The Morgan fingerprint density at radius 3 is 2.77 bits per heavy atom. The number of oxazole rings is 1. The molecule has 164 valence electrons. The Balaban J connectivity index is 1.30. The minimum atomic E-state index is -0.298. The number of nitrogens with one attached hydrogen (secondary N) is 2. The van der Waals surface area contributed by atoms with Crippen molar-refractivity contribution in [1.29, 1.82) is 0 Å². The third-order valence-electron chi connectivity index (χ3n) is 5.26. The molecule has 2 heterocycles. The van der Waals surface area contributed by atoms with Crippen LogP contribution in [-0.4, -0.2) is 32.3 Å². The lowest BCUT2D eigenvalue weighted by Crippen LogP contribution is -2.27. The highest BCUT2D eigenvalue weighted by molar-refractivity contribution is 7.71. The molecule has 3 N–H and O–H groups in total. The van der Waals surface area contributed by atoms with Crippen LogP contribution in [0.4, 0.5) is 4.39 Å². The van der Waals surface area contributed by atoms with E-state index < -0.39 is 0 Å². The summed E-state index contributed by atoms with van der Waals surface area (Å²) in [4.78, 5) is 9.96. The fraction of sp³-hybridized carbons (Fsp3) is 0.364. The quantitative estimate of drug-likeness (QED) is 0.333. The number of aromatic amines is 2. The van der Waals surface area contributed by atoms with Gasteiger partial charge in [-0.05, 0) is 62.7 Å². The SMILES string of the molecule is Cc1oc(-c2ccc(F)cc2)nc1COC1CCCC(OC=Cc2[nH]c(=S)[nH]c2O)C1.